The van der Waals surface area contributed by atoms with E-state index in [1.807, 2.05) is 0 Å². The summed E-state index contributed by atoms with van der Waals surface area (Å²) in [4.78, 5) is 0. The molecule has 0 aromatic heterocycles. The highest BCUT2D eigenvalue weighted by Gasteiger charge is 2.32. The molecule has 0 heterocycles. The minimum atomic E-state index is 0.429. The van der Waals surface area contributed by atoms with Crippen LogP contribution < -0.4 is 0 Å². The Labute approximate surface area is 194 Å². The van der Waals surface area contributed by atoms with Crippen molar-refractivity contribution in [2.24, 2.45) is 23.2 Å². The highest BCUT2D eigenvalue weighted by Crippen LogP contribution is 2.44. The molecule has 0 fully saturated rings. The molecule has 0 saturated heterocycles. The van der Waals surface area contributed by atoms with Crippen molar-refractivity contribution < 1.29 is 5.11 Å². The van der Waals surface area contributed by atoms with E-state index in [0.717, 1.165) is 35.3 Å². The van der Waals surface area contributed by atoms with Gasteiger partial charge in [0, 0.05) is 0 Å². The summed E-state index contributed by atoms with van der Waals surface area (Å²) < 4.78 is 0. The third-order valence-electron chi connectivity index (χ3n) is 8.47. The number of benzene rings is 1. The molecule has 1 aliphatic rings. The lowest BCUT2D eigenvalue weighted by atomic mass is 9.68. The molecule has 0 spiro atoms. The molecule has 3 unspecified atom stereocenters. The third-order valence-corrected chi connectivity index (χ3v) is 8.47. The monoisotopic (exact) mass is 428 g/mol. The molecule has 0 aliphatic heterocycles. The molecular formula is C30H52O. The molecule has 1 nitrogen and oxygen atoms in total. The Balaban J connectivity index is 1.74. The maximum absolute atomic E-state index is 10.4. The molecule has 1 aliphatic carbocycles. The molecule has 0 saturated carbocycles. The Kier molecular flexibility index (Phi) is 9.97. The summed E-state index contributed by atoms with van der Waals surface area (Å²) in [6.45, 7) is 18.5. The molecule has 2 rings (SSSR count). The average Bonchev–Trinajstić information content (AvgIpc) is 2.70. The van der Waals surface area contributed by atoms with Gasteiger partial charge in [0.1, 0.15) is 5.75 Å². The van der Waals surface area contributed by atoms with Gasteiger partial charge in [-0.2, -0.15) is 0 Å². The minimum absolute atomic E-state index is 0.429. The maximum Gasteiger partial charge on any atom is 0.121 e. The number of hydrogen-bond acceptors (Lipinski definition) is 1. The lowest BCUT2D eigenvalue weighted by molar-refractivity contribution is 0.238. The van der Waals surface area contributed by atoms with Crippen molar-refractivity contribution in [2.75, 3.05) is 0 Å². The van der Waals surface area contributed by atoms with Crippen LogP contribution >= 0.6 is 0 Å². The molecule has 0 amide bonds. The van der Waals surface area contributed by atoms with Gasteiger partial charge in [0.15, 0.2) is 0 Å². The van der Waals surface area contributed by atoms with Gasteiger partial charge in [0.2, 0.25) is 0 Å². The van der Waals surface area contributed by atoms with Crippen molar-refractivity contribution in [3.63, 3.8) is 0 Å². The quantitative estimate of drug-likeness (QED) is 0.351. The van der Waals surface area contributed by atoms with Gasteiger partial charge >= 0.3 is 0 Å². The number of fused-ring (bicyclic) bond motifs is 1. The van der Waals surface area contributed by atoms with Crippen LogP contribution in [0.2, 0.25) is 0 Å². The normalized spacial score (nSPS) is 20.7. The van der Waals surface area contributed by atoms with E-state index in [0.29, 0.717) is 11.2 Å². The second-order valence-electron chi connectivity index (χ2n) is 12.0. The molecule has 31 heavy (non-hydrogen) atoms. The fourth-order valence-electron chi connectivity index (χ4n) is 5.87. The van der Waals surface area contributed by atoms with Crippen molar-refractivity contribution in [2.45, 2.75) is 132 Å². The fourth-order valence-corrected chi connectivity index (χ4v) is 5.87. The number of aromatic hydroxyl groups is 1. The summed E-state index contributed by atoms with van der Waals surface area (Å²) in [5.41, 5.74) is 6.97. The predicted molar refractivity (Wildman–Crippen MR) is 137 cm³/mol. The Morgan fingerprint density at radius 3 is 1.87 bits per heavy atom. The van der Waals surface area contributed by atoms with Gasteiger partial charge in [0.25, 0.3) is 0 Å². The molecule has 0 radical (unpaired) electrons. The average molecular weight is 429 g/mol. The second-order valence-corrected chi connectivity index (χ2v) is 12.0. The first kappa shape index (κ1) is 26.3. The molecule has 178 valence electrons. The van der Waals surface area contributed by atoms with E-state index in [9.17, 15) is 5.11 Å². The van der Waals surface area contributed by atoms with E-state index >= 15 is 0 Å². The zero-order valence-corrected chi connectivity index (χ0v) is 22.2. The molecular weight excluding hydrogens is 376 g/mol. The lowest BCUT2D eigenvalue weighted by Crippen LogP contribution is -2.27. The summed E-state index contributed by atoms with van der Waals surface area (Å²) in [7, 11) is 0. The van der Waals surface area contributed by atoms with Crippen LogP contribution in [0.4, 0.5) is 0 Å². The van der Waals surface area contributed by atoms with Crippen LogP contribution in [0.3, 0.4) is 0 Å². The van der Waals surface area contributed by atoms with Gasteiger partial charge in [-0.05, 0) is 97.4 Å². The van der Waals surface area contributed by atoms with Crippen molar-refractivity contribution in [3.05, 3.63) is 27.8 Å². The minimum Gasteiger partial charge on any atom is -0.507 e. The SMILES string of the molecule is Cc1c(C)c2c(c(C)c1O)CCC(C)(CCCC(C)CCCC(C)CCCC(C)C)C2. The summed E-state index contributed by atoms with van der Waals surface area (Å²) in [5, 5.41) is 10.4. The van der Waals surface area contributed by atoms with E-state index in [2.05, 4.69) is 55.4 Å². The van der Waals surface area contributed by atoms with Crippen molar-refractivity contribution in [1.29, 1.82) is 0 Å². The highest BCUT2D eigenvalue weighted by molar-refractivity contribution is 5.54. The first-order valence-electron chi connectivity index (χ1n) is 13.3. The molecule has 1 heteroatoms. The molecule has 0 bridgehead atoms. The van der Waals surface area contributed by atoms with Crippen molar-refractivity contribution in [1.82, 2.24) is 0 Å². The summed E-state index contributed by atoms with van der Waals surface area (Å²) in [6.07, 6.45) is 16.2. The number of phenols is 1. The summed E-state index contributed by atoms with van der Waals surface area (Å²) in [6, 6.07) is 0. The molecule has 1 aromatic carbocycles. The summed E-state index contributed by atoms with van der Waals surface area (Å²) >= 11 is 0. The first-order chi connectivity index (χ1) is 14.5. The van der Waals surface area contributed by atoms with E-state index in [1.165, 1.54) is 81.8 Å². The summed E-state index contributed by atoms with van der Waals surface area (Å²) in [5.74, 6) is 3.16. The smallest absolute Gasteiger partial charge is 0.121 e. The van der Waals surface area contributed by atoms with Gasteiger partial charge in [-0.25, -0.2) is 0 Å². The van der Waals surface area contributed by atoms with Crippen LogP contribution in [0.5, 0.6) is 5.75 Å². The fraction of sp³-hybridized carbons (Fsp3) is 0.800. The van der Waals surface area contributed by atoms with Crippen LogP contribution in [0.15, 0.2) is 0 Å². The van der Waals surface area contributed by atoms with Gasteiger partial charge in [-0.3, -0.25) is 0 Å². The van der Waals surface area contributed by atoms with Gasteiger partial charge in [-0.15, -0.1) is 0 Å². The van der Waals surface area contributed by atoms with Crippen LogP contribution in [-0.4, -0.2) is 5.11 Å². The van der Waals surface area contributed by atoms with Crippen molar-refractivity contribution in [3.8, 4) is 5.75 Å². The van der Waals surface area contributed by atoms with Gasteiger partial charge in [-0.1, -0.05) is 86.0 Å². The standard InChI is InChI=1S/C30H52O/c1-21(2)12-9-13-22(3)14-10-15-23(4)16-11-18-30(8)19-17-27-26(7)29(31)25(6)24(5)28(27)20-30/h21-23,31H,9-20H2,1-8H3. The Morgan fingerprint density at radius 1 is 0.742 bits per heavy atom. The Morgan fingerprint density at radius 2 is 1.29 bits per heavy atom. The maximum atomic E-state index is 10.4. The van der Waals surface area contributed by atoms with Gasteiger partial charge < -0.3 is 5.11 Å². The number of hydrogen-bond donors (Lipinski definition) is 1. The van der Waals surface area contributed by atoms with E-state index in [4.69, 9.17) is 0 Å². The zero-order valence-electron chi connectivity index (χ0n) is 22.2. The van der Waals surface area contributed by atoms with E-state index in [-0.39, 0.29) is 0 Å². The second kappa shape index (κ2) is 11.8. The topological polar surface area (TPSA) is 20.2 Å². The molecule has 3 atom stereocenters. The molecule has 1 aromatic rings. The third kappa shape index (κ3) is 7.54. The number of rotatable bonds is 12. The zero-order chi connectivity index (χ0) is 23.2. The molecule has 1 N–H and O–H groups in total. The van der Waals surface area contributed by atoms with Crippen LogP contribution in [0.1, 0.15) is 127 Å². The number of phenolic OH excluding ortho intramolecular Hbond substituents is 1. The highest BCUT2D eigenvalue weighted by atomic mass is 16.3. The Hall–Kier alpha value is -0.980. The van der Waals surface area contributed by atoms with Crippen LogP contribution in [0.25, 0.3) is 0 Å². The van der Waals surface area contributed by atoms with Crippen LogP contribution in [-0.2, 0) is 12.8 Å². The first-order valence-corrected chi connectivity index (χ1v) is 13.3. The largest absolute Gasteiger partial charge is 0.507 e. The van der Waals surface area contributed by atoms with Gasteiger partial charge in [0.05, 0.1) is 0 Å². The predicted octanol–water partition coefficient (Wildman–Crippen LogP) is 9.25. The van der Waals surface area contributed by atoms with Crippen molar-refractivity contribution >= 4 is 0 Å². The Bertz CT molecular complexity index is 701. The lowest BCUT2D eigenvalue weighted by Gasteiger charge is -2.37. The van der Waals surface area contributed by atoms with Crippen LogP contribution in [0, 0.1) is 43.9 Å². The van der Waals surface area contributed by atoms with E-state index in [1.54, 1.807) is 5.56 Å². The van der Waals surface area contributed by atoms with E-state index < -0.39 is 0 Å².